The molecule has 1 aliphatic rings. The van der Waals surface area contributed by atoms with Crippen LogP contribution in [0.1, 0.15) is 53.9 Å². The van der Waals surface area contributed by atoms with Gasteiger partial charge in [0.25, 0.3) is 5.56 Å². The van der Waals surface area contributed by atoms with Gasteiger partial charge in [-0.05, 0) is 84.8 Å². The average molecular weight is 443 g/mol. The molecule has 33 heavy (non-hydrogen) atoms. The fraction of sp³-hybridized carbons (Fsp3) is 0.385. The lowest BCUT2D eigenvalue weighted by molar-refractivity contribution is 0.149. The Balaban J connectivity index is 1.63. The average Bonchev–Trinajstić information content (AvgIpc) is 3.24. The number of aryl methyl sites for hydroxylation is 2. The standard InChI is InChI=1S/C26H30N6O/c1-17-9-11-31(12-10-17)24(25-28-29-30-32(25)16-20-7-5-4-6-8-20)22-15-21-14-18(2)13-19(3)23(21)27-26(22)33/h4-8,13-15,17,24H,9-12,16H2,1-3H3,(H,27,33). The van der Waals surface area contributed by atoms with Crippen LogP contribution in [0, 0.1) is 19.8 Å². The molecule has 1 N–H and O–H groups in total. The number of aromatic amines is 1. The minimum atomic E-state index is -0.301. The zero-order valence-electron chi connectivity index (χ0n) is 19.5. The number of nitrogens with zero attached hydrogens (tertiary/aromatic N) is 5. The quantitative estimate of drug-likeness (QED) is 0.505. The van der Waals surface area contributed by atoms with Crippen molar-refractivity contribution in [3.05, 3.63) is 87.0 Å². The van der Waals surface area contributed by atoms with Crippen LogP contribution in [0.15, 0.2) is 53.3 Å². The highest BCUT2D eigenvalue weighted by molar-refractivity contribution is 5.83. The number of aromatic nitrogens is 5. The number of hydrogen-bond acceptors (Lipinski definition) is 5. The molecule has 170 valence electrons. The Morgan fingerprint density at radius 1 is 1.09 bits per heavy atom. The maximum absolute atomic E-state index is 13.4. The molecule has 1 saturated heterocycles. The summed E-state index contributed by atoms with van der Waals surface area (Å²) in [5, 5.41) is 13.8. The minimum absolute atomic E-state index is 0.0765. The third kappa shape index (κ3) is 4.33. The number of pyridine rings is 1. The van der Waals surface area contributed by atoms with Gasteiger partial charge in [0.1, 0.15) is 6.04 Å². The molecule has 1 fully saturated rings. The molecular formula is C26H30N6O. The third-order valence-electron chi connectivity index (χ3n) is 6.78. The van der Waals surface area contributed by atoms with Gasteiger partial charge in [-0.2, -0.15) is 0 Å². The van der Waals surface area contributed by atoms with Crippen LogP contribution in [0.25, 0.3) is 10.9 Å². The summed E-state index contributed by atoms with van der Waals surface area (Å²) in [5.74, 6) is 1.39. The van der Waals surface area contributed by atoms with Crippen molar-refractivity contribution >= 4 is 10.9 Å². The minimum Gasteiger partial charge on any atom is -0.321 e. The highest BCUT2D eigenvalue weighted by Crippen LogP contribution is 2.31. The summed E-state index contributed by atoms with van der Waals surface area (Å²) in [7, 11) is 0. The second-order valence-electron chi connectivity index (χ2n) is 9.40. The van der Waals surface area contributed by atoms with E-state index in [4.69, 9.17) is 0 Å². The lowest BCUT2D eigenvalue weighted by atomic mass is 9.95. The van der Waals surface area contributed by atoms with Gasteiger partial charge in [-0.15, -0.1) is 5.10 Å². The van der Waals surface area contributed by atoms with Gasteiger partial charge in [0.15, 0.2) is 5.82 Å². The number of H-pyrrole nitrogens is 1. The van der Waals surface area contributed by atoms with E-state index in [1.54, 1.807) is 0 Å². The Bertz CT molecular complexity index is 1320. The van der Waals surface area contributed by atoms with Crippen LogP contribution in [0.2, 0.25) is 0 Å². The Hall–Kier alpha value is -3.32. The van der Waals surface area contributed by atoms with E-state index in [1.165, 1.54) is 5.56 Å². The molecule has 1 atom stereocenters. The maximum atomic E-state index is 13.4. The normalized spacial score (nSPS) is 16.3. The van der Waals surface area contributed by atoms with Crippen LogP contribution in [0.3, 0.4) is 0 Å². The van der Waals surface area contributed by atoms with E-state index in [-0.39, 0.29) is 11.6 Å². The molecule has 2 aromatic heterocycles. The van der Waals surface area contributed by atoms with Gasteiger partial charge in [0.2, 0.25) is 0 Å². The number of rotatable bonds is 5. The van der Waals surface area contributed by atoms with Crippen LogP contribution >= 0.6 is 0 Å². The first kappa shape index (κ1) is 21.5. The van der Waals surface area contributed by atoms with E-state index in [1.807, 2.05) is 35.9 Å². The van der Waals surface area contributed by atoms with E-state index in [0.29, 0.717) is 23.9 Å². The summed E-state index contributed by atoms with van der Waals surface area (Å²) >= 11 is 0. The Kier molecular flexibility index (Phi) is 5.81. The van der Waals surface area contributed by atoms with E-state index in [0.717, 1.165) is 48.0 Å². The number of benzene rings is 2. The highest BCUT2D eigenvalue weighted by Gasteiger charge is 2.32. The molecule has 7 nitrogen and oxygen atoms in total. The first-order valence-electron chi connectivity index (χ1n) is 11.7. The molecule has 4 aromatic rings. The van der Waals surface area contributed by atoms with E-state index in [2.05, 4.69) is 63.5 Å². The summed E-state index contributed by atoms with van der Waals surface area (Å²) < 4.78 is 1.84. The van der Waals surface area contributed by atoms with E-state index in [9.17, 15) is 4.79 Å². The summed E-state index contributed by atoms with van der Waals surface area (Å²) in [5.41, 5.74) is 4.89. The molecule has 0 bridgehead atoms. The lowest BCUT2D eigenvalue weighted by Crippen LogP contribution is -2.40. The predicted molar refractivity (Wildman–Crippen MR) is 129 cm³/mol. The van der Waals surface area contributed by atoms with Crippen molar-refractivity contribution in [2.24, 2.45) is 5.92 Å². The van der Waals surface area contributed by atoms with Gasteiger partial charge in [0, 0.05) is 5.56 Å². The molecule has 0 aliphatic carbocycles. The first-order valence-corrected chi connectivity index (χ1v) is 11.7. The van der Waals surface area contributed by atoms with E-state index >= 15 is 0 Å². The molecule has 0 radical (unpaired) electrons. The topological polar surface area (TPSA) is 79.7 Å². The number of hydrogen-bond donors (Lipinski definition) is 1. The SMILES string of the molecule is Cc1cc(C)c2[nH]c(=O)c(C(c3nnnn3Cc3ccccc3)N3CCC(C)CC3)cc2c1. The van der Waals surface area contributed by atoms with Crippen molar-refractivity contribution in [3.63, 3.8) is 0 Å². The fourth-order valence-electron chi connectivity index (χ4n) is 4.97. The van der Waals surface area contributed by atoms with Gasteiger partial charge in [-0.25, -0.2) is 4.68 Å². The van der Waals surface area contributed by atoms with Crippen LogP contribution in [0.5, 0.6) is 0 Å². The summed E-state index contributed by atoms with van der Waals surface area (Å²) in [6.45, 7) is 8.80. The van der Waals surface area contributed by atoms with E-state index < -0.39 is 0 Å². The molecule has 3 heterocycles. The molecule has 0 saturated carbocycles. The van der Waals surface area contributed by atoms with Gasteiger partial charge >= 0.3 is 0 Å². The summed E-state index contributed by atoms with van der Waals surface area (Å²) in [6, 6.07) is 16.1. The Morgan fingerprint density at radius 2 is 1.85 bits per heavy atom. The van der Waals surface area contributed by atoms with Crippen molar-refractivity contribution in [2.45, 2.75) is 46.2 Å². The van der Waals surface area contributed by atoms with Gasteiger partial charge in [0.05, 0.1) is 12.1 Å². The van der Waals surface area contributed by atoms with Crippen LogP contribution < -0.4 is 5.56 Å². The second-order valence-corrected chi connectivity index (χ2v) is 9.40. The van der Waals surface area contributed by atoms with Crippen LogP contribution in [-0.4, -0.2) is 43.2 Å². The number of fused-ring (bicyclic) bond motifs is 1. The monoisotopic (exact) mass is 442 g/mol. The van der Waals surface area contributed by atoms with Crippen molar-refractivity contribution < 1.29 is 0 Å². The van der Waals surface area contributed by atoms with Gasteiger partial charge in [-0.3, -0.25) is 9.69 Å². The molecule has 5 rings (SSSR count). The number of piperidine rings is 1. The van der Waals surface area contributed by atoms with Crippen molar-refractivity contribution in [3.8, 4) is 0 Å². The lowest BCUT2D eigenvalue weighted by Gasteiger charge is -2.36. The maximum Gasteiger partial charge on any atom is 0.253 e. The molecule has 7 heteroatoms. The summed E-state index contributed by atoms with van der Waals surface area (Å²) in [6.07, 6.45) is 2.20. The smallest absolute Gasteiger partial charge is 0.253 e. The van der Waals surface area contributed by atoms with Gasteiger partial charge in [-0.1, -0.05) is 48.9 Å². The Labute approximate surface area is 193 Å². The molecule has 0 spiro atoms. The third-order valence-corrected chi connectivity index (χ3v) is 6.78. The molecule has 0 amide bonds. The fourth-order valence-corrected chi connectivity index (χ4v) is 4.97. The zero-order chi connectivity index (χ0) is 22.9. The summed E-state index contributed by atoms with van der Waals surface area (Å²) in [4.78, 5) is 18.9. The largest absolute Gasteiger partial charge is 0.321 e. The predicted octanol–water partition coefficient (Wildman–Crippen LogP) is 4.00. The highest BCUT2D eigenvalue weighted by atomic mass is 16.1. The second kappa shape index (κ2) is 8.90. The first-order chi connectivity index (χ1) is 16.0. The number of likely N-dealkylation sites (tertiary alicyclic amines) is 1. The molecular weight excluding hydrogens is 412 g/mol. The number of tetrazole rings is 1. The van der Waals surface area contributed by atoms with Crippen LogP contribution in [-0.2, 0) is 6.54 Å². The molecule has 1 aliphatic heterocycles. The van der Waals surface area contributed by atoms with Crippen molar-refractivity contribution in [1.82, 2.24) is 30.1 Å². The molecule has 2 aromatic carbocycles. The zero-order valence-corrected chi connectivity index (χ0v) is 19.5. The van der Waals surface area contributed by atoms with Gasteiger partial charge < -0.3 is 4.98 Å². The molecule has 1 unspecified atom stereocenters. The van der Waals surface area contributed by atoms with Crippen LogP contribution in [0.4, 0.5) is 0 Å². The van der Waals surface area contributed by atoms with Crippen molar-refractivity contribution in [1.29, 1.82) is 0 Å². The van der Waals surface area contributed by atoms with Crippen molar-refractivity contribution in [2.75, 3.05) is 13.1 Å². The Morgan fingerprint density at radius 3 is 2.61 bits per heavy atom. The number of nitrogens with one attached hydrogen (secondary N) is 1.